The summed E-state index contributed by atoms with van der Waals surface area (Å²) in [4.78, 5) is 57.9. The Morgan fingerprint density at radius 3 is 2.00 bits per heavy atom. The molecular formula is C11H21O15P3. The fourth-order valence-electron chi connectivity index (χ4n) is 2.44. The maximum atomic E-state index is 11.8. The average Bonchev–Trinajstić information content (AvgIpc) is 2.74. The molecule has 1 rings (SSSR count). The van der Waals surface area contributed by atoms with Crippen LogP contribution in [-0.2, 0) is 50.6 Å². The molecule has 170 valence electrons. The predicted molar refractivity (Wildman–Crippen MR) is 89.8 cm³/mol. The minimum Gasteiger partial charge on any atom is -0.465 e. The number of rotatable bonds is 10. The average molecular weight is 486 g/mol. The van der Waals surface area contributed by atoms with Crippen LogP contribution in [-0.4, -0.2) is 63.0 Å². The molecule has 0 aromatic carbocycles. The molecule has 0 saturated carbocycles. The molecule has 1 aliphatic rings. The van der Waals surface area contributed by atoms with Crippen molar-refractivity contribution >= 4 is 35.4 Å². The summed E-state index contributed by atoms with van der Waals surface area (Å²) in [5, 5.41) is 0. The highest BCUT2D eigenvalue weighted by molar-refractivity contribution is 7.66. The third-order valence-electron chi connectivity index (χ3n) is 3.35. The van der Waals surface area contributed by atoms with Gasteiger partial charge in [0.2, 0.25) is 0 Å². The topological polar surface area (TPSA) is 222 Å². The van der Waals surface area contributed by atoms with E-state index in [0.29, 0.717) is 0 Å². The van der Waals surface area contributed by atoms with Crippen LogP contribution < -0.4 is 0 Å². The fourth-order valence-corrected chi connectivity index (χ4v) is 5.47. The zero-order valence-electron chi connectivity index (χ0n) is 15.3. The predicted octanol–water partition coefficient (Wildman–Crippen LogP) is 0.228. The summed E-state index contributed by atoms with van der Waals surface area (Å²) >= 11 is 0. The summed E-state index contributed by atoms with van der Waals surface area (Å²) in [5.41, 5.74) is 0. The lowest BCUT2D eigenvalue weighted by molar-refractivity contribution is -0.152. The number of esters is 2. The maximum Gasteiger partial charge on any atom is 0.490 e. The highest BCUT2D eigenvalue weighted by Gasteiger charge is 2.47. The van der Waals surface area contributed by atoms with E-state index in [0.717, 1.165) is 13.8 Å². The zero-order valence-corrected chi connectivity index (χ0v) is 18.0. The van der Waals surface area contributed by atoms with E-state index >= 15 is 0 Å². The Bertz CT molecular complexity index is 746. The van der Waals surface area contributed by atoms with Crippen LogP contribution in [0.1, 0.15) is 20.8 Å². The van der Waals surface area contributed by atoms with Gasteiger partial charge in [0.05, 0.1) is 24.7 Å². The van der Waals surface area contributed by atoms with E-state index in [4.69, 9.17) is 28.9 Å². The second-order valence-corrected chi connectivity index (χ2v) is 10.2. The molecule has 0 spiro atoms. The van der Waals surface area contributed by atoms with Gasteiger partial charge < -0.3 is 33.8 Å². The highest BCUT2D eigenvalue weighted by atomic mass is 31.3. The molecular weight excluding hydrogens is 465 g/mol. The van der Waals surface area contributed by atoms with Crippen molar-refractivity contribution in [2.75, 3.05) is 13.2 Å². The summed E-state index contributed by atoms with van der Waals surface area (Å²) in [6.07, 6.45) is -2.71. The van der Waals surface area contributed by atoms with E-state index in [2.05, 4.69) is 13.1 Å². The molecule has 0 aromatic rings. The van der Waals surface area contributed by atoms with E-state index in [1.165, 1.54) is 6.92 Å². The maximum absolute atomic E-state index is 11.8. The van der Waals surface area contributed by atoms with Gasteiger partial charge in [-0.25, -0.2) is 13.7 Å². The Balaban J connectivity index is 2.83. The third-order valence-corrected chi connectivity index (χ3v) is 7.15. The number of phosphoric acid groups is 3. The number of carbonyl (C=O) groups excluding carboxylic acids is 2. The van der Waals surface area contributed by atoms with E-state index in [9.17, 15) is 28.2 Å². The van der Waals surface area contributed by atoms with Crippen molar-refractivity contribution in [2.45, 2.75) is 39.1 Å². The van der Waals surface area contributed by atoms with Crippen molar-refractivity contribution in [3.8, 4) is 0 Å². The van der Waals surface area contributed by atoms with E-state index in [1.807, 2.05) is 0 Å². The highest BCUT2D eigenvalue weighted by Crippen LogP contribution is 2.66. The number of hydrogen-bond acceptors (Lipinski definition) is 11. The molecule has 0 bridgehead atoms. The van der Waals surface area contributed by atoms with Gasteiger partial charge in [0.25, 0.3) is 0 Å². The van der Waals surface area contributed by atoms with Crippen molar-refractivity contribution in [3.05, 3.63) is 0 Å². The molecule has 1 heterocycles. The largest absolute Gasteiger partial charge is 0.490 e. The van der Waals surface area contributed by atoms with Crippen molar-refractivity contribution < 1.29 is 70.2 Å². The number of hydrogen-bond donors (Lipinski definition) is 4. The Morgan fingerprint density at radius 2 is 1.52 bits per heavy atom. The Kier molecular flexibility index (Phi) is 9.16. The first-order chi connectivity index (χ1) is 13.0. The number of ether oxygens (including phenoxy) is 3. The lowest BCUT2D eigenvalue weighted by atomic mass is 9.97. The molecule has 15 nitrogen and oxygen atoms in total. The van der Waals surface area contributed by atoms with Gasteiger partial charge in [-0.05, 0) is 6.92 Å². The molecule has 0 aliphatic carbocycles. The Labute approximate surface area is 164 Å². The molecule has 0 amide bonds. The summed E-state index contributed by atoms with van der Waals surface area (Å²) in [7, 11) is -16.5. The number of phosphoric ester groups is 1. The summed E-state index contributed by atoms with van der Waals surface area (Å²) in [5.74, 6) is -2.14. The van der Waals surface area contributed by atoms with Crippen LogP contribution in [0.4, 0.5) is 0 Å². The standard InChI is InChI=1S/C11H21O15P3/c1-6-11(24-8(3)13)9(4-21-7(2)12)10(23-6)5-22-28(17,18)26-29(19,20)25-27(14,15)16/h6,9-11H,4-5H2,1-3H3,(H,17,18)(H,19,20)(H2,14,15,16)/t6-,9+,10+,11-/m0/s1. The first-order valence-corrected chi connectivity index (χ1v) is 12.3. The SMILES string of the molecule is CC(=O)OC[C@H]1[C@@H](OC(C)=O)[C@H](C)O[C@@H]1COP(=O)(O)OP(=O)(O)OP(=O)(O)O. The molecule has 2 unspecified atom stereocenters. The van der Waals surface area contributed by atoms with Gasteiger partial charge in [0.15, 0.2) is 0 Å². The third kappa shape index (κ3) is 9.77. The monoisotopic (exact) mass is 486 g/mol. The van der Waals surface area contributed by atoms with Gasteiger partial charge in [-0.3, -0.25) is 14.1 Å². The van der Waals surface area contributed by atoms with Crippen LogP contribution in [0.2, 0.25) is 0 Å². The van der Waals surface area contributed by atoms with Crippen LogP contribution in [0.15, 0.2) is 0 Å². The summed E-state index contributed by atoms with van der Waals surface area (Å²) in [6.45, 7) is 2.70. The van der Waals surface area contributed by atoms with Crippen LogP contribution >= 0.6 is 23.5 Å². The minimum absolute atomic E-state index is 0.304. The van der Waals surface area contributed by atoms with Crippen molar-refractivity contribution in [1.29, 1.82) is 0 Å². The molecule has 1 aliphatic heterocycles. The Morgan fingerprint density at radius 1 is 0.931 bits per heavy atom. The van der Waals surface area contributed by atoms with Crippen molar-refractivity contribution in [3.63, 3.8) is 0 Å². The van der Waals surface area contributed by atoms with Crippen LogP contribution in [0, 0.1) is 5.92 Å². The van der Waals surface area contributed by atoms with E-state index in [-0.39, 0.29) is 6.61 Å². The van der Waals surface area contributed by atoms with Crippen LogP contribution in [0.25, 0.3) is 0 Å². The molecule has 4 N–H and O–H groups in total. The molecule has 1 fully saturated rings. The van der Waals surface area contributed by atoms with Crippen molar-refractivity contribution in [1.82, 2.24) is 0 Å². The second kappa shape index (κ2) is 10.1. The molecule has 18 heteroatoms. The van der Waals surface area contributed by atoms with Gasteiger partial charge in [-0.2, -0.15) is 8.62 Å². The van der Waals surface area contributed by atoms with Gasteiger partial charge in [-0.1, -0.05) is 0 Å². The zero-order chi connectivity index (χ0) is 22.6. The van der Waals surface area contributed by atoms with Gasteiger partial charge in [0.1, 0.15) is 12.7 Å². The fraction of sp³-hybridized carbons (Fsp3) is 0.818. The minimum atomic E-state index is -5.66. The van der Waals surface area contributed by atoms with Gasteiger partial charge in [0, 0.05) is 13.8 Å². The van der Waals surface area contributed by atoms with Gasteiger partial charge >= 0.3 is 35.4 Å². The lowest BCUT2D eigenvalue weighted by Crippen LogP contribution is -2.36. The first-order valence-electron chi connectivity index (χ1n) is 7.76. The lowest BCUT2D eigenvalue weighted by Gasteiger charge is -2.23. The van der Waals surface area contributed by atoms with Crippen molar-refractivity contribution in [2.24, 2.45) is 5.92 Å². The van der Waals surface area contributed by atoms with Crippen LogP contribution in [0.5, 0.6) is 0 Å². The molecule has 0 aromatic heterocycles. The van der Waals surface area contributed by atoms with Gasteiger partial charge in [-0.15, -0.1) is 0 Å². The number of carbonyl (C=O) groups is 2. The molecule has 29 heavy (non-hydrogen) atoms. The van der Waals surface area contributed by atoms with E-state index in [1.54, 1.807) is 0 Å². The Hall–Kier alpha value is -0.690. The van der Waals surface area contributed by atoms with Crippen LogP contribution in [0.3, 0.4) is 0 Å². The molecule has 6 atom stereocenters. The normalized spacial score (nSPS) is 28.9. The smallest absolute Gasteiger partial charge is 0.465 e. The quantitative estimate of drug-likeness (QED) is 0.240. The summed E-state index contributed by atoms with van der Waals surface area (Å²) < 4.78 is 60.9. The molecule has 0 radical (unpaired) electrons. The molecule has 1 saturated heterocycles. The second-order valence-electron chi connectivity index (χ2n) is 5.81. The van der Waals surface area contributed by atoms with E-state index < -0.39 is 66.2 Å². The summed E-state index contributed by atoms with van der Waals surface area (Å²) in [6, 6.07) is 0. The first kappa shape index (κ1) is 26.3.